The van der Waals surface area contributed by atoms with E-state index >= 15 is 0 Å². The Balaban J connectivity index is 0.000000122. The number of rotatable bonds is 3. The van der Waals surface area contributed by atoms with E-state index in [9.17, 15) is 0 Å². The maximum absolute atomic E-state index is 3.66. The van der Waals surface area contributed by atoms with Crippen molar-refractivity contribution in [2.45, 2.75) is 6.42 Å². The van der Waals surface area contributed by atoms with Gasteiger partial charge in [0, 0.05) is 61.9 Å². The van der Waals surface area contributed by atoms with Gasteiger partial charge in [-0.1, -0.05) is 171 Å². The number of hydrogen-bond donors (Lipinski definition) is 0. The van der Waals surface area contributed by atoms with Crippen LogP contribution < -0.4 is 0 Å². The number of hydrogen-bond acceptors (Lipinski definition) is 0. The van der Waals surface area contributed by atoms with Gasteiger partial charge in [-0.3, -0.25) is 0 Å². The molecule has 67 heavy (non-hydrogen) atoms. The lowest BCUT2D eigenvalue weighted by Gasteiger charge is -2.11. The number of para-hydroxylation sites is 5. The molecule has 1 aliphatic carbocycles. The highest BCUT2D eigenvalue weighted by atomic mass is 127. The Morgan fingerprint density at radius 1 is 0.299 bits per heavy atom. The van der Waals surface area contributed by atoms with Crippen LogP contribution in [-0.2, 0) is 6.42 Å². The molecule has 0 atom stereocenters. The normalized spacial score (nSPS) is 11.7. The monoisotopic (exact) mass is 1100 g/mol. The molecule has 13 aromatic rings. The Labute approximate surface area is 418 Å². The molecule has 3 nitrogen and oxygen atoms in total. The second-order valence-corrected chi connectivity index (χ2v) is 20.0. The average Bonchev–Trinajstić information content (AvgIpc) is 4.10. The molecule has 0 saturated carbocycles. The SMILES string of the molecule is Brc1cccc(-n2c3ccccc3c3ccc(-n4c5ccccc5c5ccccc54)cc32)c1.Brc1cccc(I)c1.c1ccc2c(c1)Cc1cc(-n3c4ccccc4c4ccccc43)ccc1-2. The third-order valence-electron chi connectivity index (χ3n) is 13.0. The number of fused-ring (bicyclic) bond motifs is 12. The van der Waals surface area contributed by atoms with E-state index in [4.69, 9.17) is 0 Å². The summed E-state index contributed by atoms with van der Waals surface area (Å²) in [7, 11) is 0. The first-order chi connectivity index (χ1) is 33.0. The highest BCUT2D eigenvalue weighted by molar-refractivity contribution is 14.1. The molecular weight excluding hydrogens is 1060 g/mol. The largest absolute Gasteiger partial charge is 0.309 e. The van der Waals surface area contributed by atoms with Gasteiger partial charge in [0.05, 0.1) is 33.1 Å². The first kappa shape index (κ1) is 41.7. The molecule has 10 aromatic carbocycles. The molecule has 0 radical (unpaired) electrons. The van der Waals surface area contributed by atoms with Crippen molar-refractivity contribution in [2.24, 2.45) is 0 Å². The lowest BCUT2D eigenvalue weighted by molar-refractivity contribution is 1.15. The van der Waals surface area contributed by atoms with E-state index in [1.807, 2.05) is 12.1 Å². The van der Waals surface area contributed by atoms with Gasteiger partial charge >= 0.3 is 0 Å². The van der Waals surface area contributed by atoms with Crippen molar-refractivity contribution in [3.8, 4) is 28.2 Å². The molecule has 3 aromatic heterocycles. The Hall–Kier alpha value is -6.71. The number of benzene rings is 10. The van der Waals surface area contributed by atoms with Crippen molar-refractivity contribution in [3.63, 3.8) is 0 Å². The summed E-state index contributed by atoms with van der Waals surface area (Å²) in [5, 5.41) is 7.71. The fourth-order valence-electron chi connectivity index (χ4n) is 10.1. The first-order valence-corrected chi connectivity index (χ1v) is 25.0. The topological polar surface area (TPSA) is 14.8 Å². The van der Waals surface area contributed by atoms with Crippen LogP contribution in [0, 0.1) is 3.57 Å². The van der Waals surface area contributed by atoms with Crippen molar-refractivity contribution in [3.05, 3.63) is 254 Å². The summed E-state index contributed by atoms with van der Waals surface area (Å²) in [4.78, 5) is 0. The highest BCUT2D eigenvalue weighted by Gasteiger charge is 2.20. The van der Waals surface area contributed by atoms with E-state index < -0.39 is 0 Å². The smallest absolute Gasteiger partial charge is 0.0561 e. The van der Waals surface area contributed by atoms with Crippen molar-refractivity contribution in [2.75, 3.05) is 0 Å². The lowest BCUT2D eigenvalue weighted by atomic mass is 10.1. The minimum Gasteiger partial charge on any atom is -0.309 e. The van der Waals surface area contributed by atoms with Crippen LogP contribution in [0.5, 0.6) is 0 Å². The van der Waals surface area contributed by atoms with E-state index in [1.165, 1.54) is 103 Å². The van der Waals surface area contributed by atoms with Gasteiger partial charge in [-0.05, 0) is 142 Å². The van der Waals surface area contributed by atoms with Crippen molar-refractivity contribution < 1.29 is 0 Å². The van der Waals surface area contributed by atoms with Crippen molar-refractivity contribution >= 4 is 120 Å². The number of halogens is 3. The summed E-state index contributed by atoms with van der Waals surface area (Å²) in [6.07, 6.45) is 1.02. The van der Waals surface area contributed by atoms with Crippen LogP contribution in [0.4, 0.5) is 0 Å². The second kappa shape index (κ2) is 17.5. The van der Waals surface area contributed by atoms with Crippen molar-refractivity contribution in [1.82, 2.24) is 13.7 Å². The maximum Gasteiger partial charge on any atom is 0.0561 e. The molecule has 0 saturated heterocycles. The number of nitrogens with zero attached hydrogens (tertiary/aromatic N) is 3. The summed E-state index contributed by atoms with van der Waals surface area (Å²) in [5.41, 5.74) is 16.6. The zero-order valence-corrected chi connectivity index (χ0v) is 41.5. The summed E-state index contributed by atoms with van der Waals surface area (Å²) in [5.74, 6) is 0. The zero-order chi connectivity index (χ0) is 45.0. The van der Waals surface area contributed by atoms with Gasteiger partial charge in [0.1, 0.15) is 0 Å². The Bertz CT molecular complexity index is 3900. The minimum absolute atomic E-state index is 1.02. The van der Waals surface area contributed by atoms with Crippen LogP contribution in [0.2, 0.25) is 0 Å². The third-order valence-corrected chi connectivity index (χ3v) is 14.6. The quantitative estimate of drug-likeness (QED) is 0.157. The highest BCUT2D eigenvalue weighted by Crippen LogP contribution is 2.40. The van der Waals surface area contributed by atoms with E-state index in [0.29, 0.717) is 0 Å². The fourth-order valence-corrected chi connectivity index (χ4v) is 11.9. The zero-order valence-electron chi connectivity index (χ0n) is 36.1. The Kier molecular flexibility index (Phi) is 10.9. The molecule has 0 bridgehead atoms. The predicted molar refractivity (Wildman–Crippen MR) is 299 cm³/mol. The van der Waals surface area contributed by atoms with Gasteiger partial charge in [-0.25, -0.2) is 0 Å². The lowest BCUT2D eigenvalue weighted by Crippen LogP contribution is -1.96. The molecule has 0 amide bonds. The molecule has 0 fully saturated rings. The van der Waals surface area contributed by atoms with Gasteiger partial charge in [-0.15, -0.1) is 0 Å². The van der Waals surface area contributed by atoms with Gasteiger partial charge in [0.15, 0.2) is 0 Å². The molecule has 0 N–H and O–H groups in total. The van der Waals surface area contributed by atoms with Crippen LogP contribution in [0.15, 0.2) is 239 Å². The molecule has 1 aliphatic rings. The molecule has 320 valence electrons. The van der Waals surface area contributed by atoms with Gasteiger partial charge in [0.2, 0.25) is 0 Å². The minimum atomic E-state index is 1.02. The molecule has 0 unspecified atom stereocenters. The van der Waals surface area contributed by atoms with E-state index in [1.54, 1.807) is 0 Å². The van der Waals surface area contributed by atoms with E-state index in [2.05, 4.69) is 287 Å². The Morgan fingerprint density at radius 2 is 0.701 bits per heavy atom. The van der Waals surface area contributed by atoms with E-state index in [0.717, 1.165) is 21.1 Å². The van der Waals surface area contributed by atoms with Gasteiger partial charge in [0.25, 0.3) is 0 Å². The predicted octanol–water partition coefficient (Wildman–Crippen LogP) is 18.1. The molecule has 3 heterocycles. The van der Waals surface area contributed by atoms with Crippen molar-refractivity contribution in [1.29, 1.82) is 0 Å². The molecule has 0 aliphatic heterocycles. The summed E-state index contributed by atoms with van der Waals surface area (Å²) in [6, 6.07) is 82.6. The van der Waals surface area contributed by atoms with Crippen LogP contribution >= 0.6 is 54.5 Å². The first-order valence-electron chi connectivity index (χ1n) is 22.4. The van der Waals surface area contributed by atoms with Crippen LogP contribution in [0.1, 0.15) is 11.1 Å². The van der Waals surface area contributed by atoms with Crippen LogP contribution in [-0.4, -0.2) is 13.7 Å². The fraction of sp³-hybridized carbons (Fsp3) is 0.0164. The van der Waals surface area contributed by atoms with Crippen LogP contribution in [0.25, 0.3) is 93.6 Å². The van der Waals surface area contributed by atoms with Crippen LogP contribution in [0.3, 0.4) is 0 Å². The summed E-state index contributed by atoms with van der Waals surface area (Å²) >= 11 is 9.29. The molecule has 0 spiro atoms. The third kappa shape index (κ3) is 7.48. The van der Waals surface area contributed by atoms with Gasteiger partial charge in [-0.2, -0.15) is 0 Å². The average molecular weight is 1100 g/mol. The van der Waals surface area contributed by atoms with Gasteiger partial charge < -0.3 is 13.7 Å². The Morgan fingerprint density at radius 3 is 1.21 bits per heavy atom. The standard InChI is InChI=1S/C30H19BrN2.C25H17N.C6H4BrI/c31-20-8-7-9-21(18-20)33-29-15-6-3-12-25(29)26-17-16-22(19-30(26)33)32-27-13-4-1-10-23(27)24-11-2-5-14-28(24)32;1-2-8-20-17(7-1)15-18-16-19(13-14-21(18)20)26-24-11-5-3-9-22(24)23-10-4-6-12-25(23)26;7-5-2-1-3-6(8)4-5/h1-19H;1-14,16H,15H2;1-4H. The molecule has 6 heteroatoms. The molecular formula is C61H40Br2IN3. The second-order valence-electron chi connectivity index (χ2n) is 16.9. The molecule has 14 rings (SSSR count). The summed E-state index contributed by atoms with van der Waals surface area (Å²) in [6.45, 7) is 0. The van der Waals surface area contributed by atoms with E-state index in [-0.39, 0.29) is 0 Å². The summed E-state index contributed by atoms with van der Waals surface area (Å²) < 4.78 is 10.6. The maximum atomic E-state index is 3.66. The number of aromatic nitrogens is 3.